The van der Waals surface area contributed by atoms with Gasteiger partial charge in [-0.3, -0.25) is 0 Å². The molecule has 0 aromatic heterocycles. The molecule has 2 N–H and O–H groups in total. The second kappa shape index (κ2) is 4.62. The molecule has 0 aliphatic heterocycles. The van der Waals surface area contributed by atoms with Crippen LogP contribution < -0.4 is 10.5 Å². The Morgan fingerprint density at radius 2 is 2.27 bits per heavy atom. The summed E-state index contributed by atoms with van der Waals surface area (Å²) in [5, 5.41) is 0. The van der Waals surface area contributed by atoms with Gasteiger partial charge in [0.2, 0.25) is 0 Å². The van der Waals surface area contributed by atoms with E-state index in [2.05, 4.69) is 0 Å². The van der Waals surface area contributed by atoms with Gasteiger partial charge < -0.3 is 10.5 Å². The van der Waals surface area contributed by atoms with Gasteiger partial charge >= 0.3 is 0 Å². The van der Waals surface area contributed by atoms with Gasteiger partial charge in [0.25, 0.3) is 0 Å². The van der Waals surface area contributed by atoms with Crippen molar-refractivity contribution in [3.8, 4) is 5.75 Å². The van der Waals surface area contributed by atoms with Gasteiger partial charge in [0.15, 0.2) is 0 Å². The fourth-order valence-corrected chi connectivity index (χ4v) is 1.84. The summed E-state index contributed by atoms with van der Waals surface area (Å²) in [7, 11) is 0. The van der Waals surface area contributed by atoms with Crippen LogP contribution in [0.2, 0.25) is 0 Å². The minimum Gasteiger partial charge on any atom is -0.493 e. The summed E-state index contributed by atoms with van der Waals surface area (Å²) in [6.07, 6.45) is 2.25. The van der Waals surface area contributed by atoms with E-state index in [9.17, 15) is 4.39 Å². The van der Waals surface area contributed by atoms with Crippen LogP contribution in [0.4, 0.5) is 4.39 Å². The lowest BCUT2D eigenvalue weighted by molar-refractivity contribution is 0.298. The van der Waals surface area contributed by atoms with E-state index in [1.165, 1.54) is 18.6 Å². The largest absolute Gasteiger partial charge is 0.493 e. The minimum atomic E-state index is -0.251. The van der Waals surface area contributed by atoms with Gasteiger partial charge in [0.05, 0.1) is 6.61 Å². The Labute approximate surface area is 89.2 Å². The van der Waals surface area contributed by atoms with Crippen molar-refractivity contribution in [2.45, 2.75) is 12.8 Å². The predicted octanol–water partition coefficient (Wildman–Crippen LogP) is 2.19. The second-order valence-electron chi connectivity index (χ2n) is 4.09. The molecule has 2 rings (SSSR count). The third-order valence-corrected chi connectivity index (χ3v) is 2.93. The number of rotatable bonds is 5. The number of hydrogen-bond acceptors (Lipinski definition) is 2. The average Bonchev–Trinajstić information content (AvgIpc) is 2.97. The Hall–Kier alpha value is -1.09. The zero-order valence-corrected chi connectivity index (χ0v) is 8.66. The minimum absolute atomic E-state index is 0.251. The van der Waals surface area contributed by atoms with Gasteiger partial charge in [-0.2, -0.15) is 0 Å². The fraction of sp³-hybridized carbons (Fsp3) is 0.500. The van der Waals surface area contributed by atoms with Crippen LogP contribution in [-0.4, -0.2) is 13.2 Å². The van der Waals surface area contributed by atoms with Crippen molar-refractivity contribution in [2.75, 3.05) is 13.2 Å². The van der Waals surface area contributed by atoms with Crippen LogP contribution in [0.5, 0.6) is 5.75 Å². The molecule has 3 heteroatoms. The topological polar surface area (TPSA) is 35.2 Å². The van der Waals surface area contributed by atoms with E-state index in [4.69, 9.17) is 10.5 Å². The summed E-state index contributed by atoms with van der Waals surface area (Å²) in [4.78, 5) is 0. The van der Waals surface area contributed by atoms with Crippen LogP contribution in [-0.2, 0) is 0 Å². The van der Waals surface area contributed by atoms with Gasteiger partial charge in [0, 0.05) is 6.07 Å². The standard InChI is InChI=1S/C12H16FNO/c13-11-2-1-3-12(7-11)15-5-4-9-6-10(9)8-14/h1-3,7,9-10H,4-6,8,14H2/t9-,10+/m1/s1. The number of halogens is 1. The van der Waals surface area contributed by atoms with Crippen LogP contribution in [0, 0.1) is 17.7 Å². The Balaban J connectivity index is 1.70. The Morgan fingerprint density at radius 1 is 1.40 bits per heavy atom. The number of benzene rings is 1. The highest BCUT2D eigenvalue weighted by molar-refractivity contribution is 5.22. The number of nitrogens with two attached hydrogens (primary N) is 1. The molecular weight excluding hydrogens is 193 g/mol. The third-order valence-electron chi connectivity index (χ3n) is 2.93. The van der Waals surface area contributed by atoms with Crippen LogP contribution in [0.1, 0.15) is 12.8 Å². The van der Waals surface area contributed by atoms with Crippen molar-refractivity contribution >= 4 is 0 Å². The van der Waals surface area contributed by atoms with Crippen molar-refractivity contribution in [3.63, 3.8) is 0 Å². The van der Waals surface area contributed by atoms with E-state index >= 15 is 0 Å². The second-order valence-corrected chi connectivity index (χ2v) is 4.09. The lowest BCUT2D eigenvalue weighted by Crippen LogP contribution is -2.05. The molecule has 0 heterocycles. The lowest BCUT2D eigenvalue weighted by Gasteiger charge is -2.05. The van der Waals surface area contributed by atoms with Crippen molar-refractivity contribution in [2.24, 2.45) is 17.6 Å². The molecule has 2 nitrogen and oxygen atoms in total. The van der Waals surface area contributed by atoms with Crippen molar-refractivity contribution in [1.82, 2.24) is 0 Å². The molecule has 1 aromatic carbocycles. The van der Waals surface area contributed by atoms with Gasteiger partial charge in [0.1, 0.15) is 11.6 Å². The van der Waals surface area contributed by atoms with Crippen LogP contribution in [0.25, 0.3) is 0 Å². The zero-order valence-electron chi connectivity index (χ0n) is 8.66. The van der Waals surface area contributed by atoms with Gasteiger partial charge in [-0.05, 0) is 43.4 Å². The molecular formula is C12H16FNO. The van der Waals surface area contributed by atoms with E-state index in [1.807, 2.05) is 0 Å². The summed E-state index contributed by atoms with van der Waals surface area (Å²) < 4.78 is 18.2. The molecule has 1 fully saturated rings. The van der Waals surface area contributed by atoms with E-state index in [0.717, 1.165) is 18.9 Å². The Morgan fingerprint density at radius 3 is 2.93 bits per heavy atom. The van der Waals surface area contributed by atoms with Crippen LogP contribution >= 0.6 is 0 Å². The summed E-state index contributed by atoms with van der Waals surface area (Å²) in [5.74, 6) is 1.78. The highest BCUT2D eigenvalue weighted by Gasteiger charge is 2.34. The average molecular weight is 209 g/mol. The molecule has 82 valence electrons. The summed E-state index contributed by atoms with van der Waals surface area (Å²) in [6, 6.07) is 6.26. The lowest BCUT2D eigenvalue weighted by atomic mass is 10.2. The van der Waals surface area contributed by atoms with Gasteiger partial charge in [-0.25, -0.2) is 4.39 Å². The van der Waals surface area contributed by atoms with Gasteiger partial charge in [-0.15, -0.1) is 0 Å². The summed E-state index contributed by atoms with van der Waals surface area (Å²) in [6.45, 7) is 1.44. The first kappa shape index (κ1) is 10.4. The van der Waals surface area contributed by atoms with Crippen molar-refractivity contribution in [3.05, 3.63) is 30.1 Å². The highest BCUT2D eigenvalue weighted by Crippen LogP contribution is 2.40. The summed E-state index contributed by atoms with van der Waals surface area (Å²) in [5.41, 5.74) is 5.54. The third kappa shape index (κ3) is 2.93. The van der Waals surface area contributed by atoms with Crippen molar-refractivity contribution in [1.29, 1.82) is 0 Å². The van der Waals surface area contributed by atoms with Crippen LogP contribution in [0.3, 0.4) is 0 Å². The molecule has 1 aliphatic carbocycles. The Bertz CT molecular complexity index is 329. The highest BCUT2D eigenvalue weighted by atomic mass is 19.1. The van der Waals surface area contributed by atoms with Crippen LogP contribution in [0.15, 0.2) is 24.3 Å². The first-order chi connectivity index (χ1) is 7.29. The molecule has 0 unspecified atom stereocenters. The molecule has 0 spiro atoms. The van der Waals surface area contributed by atoms with E-state index < -0.39 is 0 Å². The van der Waals surface area contributed by atoms with Crippen molar-refractivity contribution < 1.29 is 9.13 Å². The van der Waals surface area contributed by atoms with E-state index in [0.29, 0.717) is 18.3 Å². The maximum absolute atomic E-state index is 12.8. The molecule has 2 atom stereocenters. The maximum atomic E-state index is 12.8. The molecule has 0 saturated heterocycles. The zero-order chi connectivity index (χ0) is 10.7. The monoisotopic (exact) mass is 209 g/mol. The predicted molar refractivity (Wildman–Crippen MR) is 57.2 cm³/mol. The smallest absolute Gasteiger partial charge is 0.126 e. The molecule has 0 radical (unpaired) electrons. The number of hydrogen-bond donors (Lipinski definition) is 1. The molecule has 0 bridgehead atoms. The van der Waals surface area contributed by atoms with E-state index in [-0.39, 0.29) is 5.82 Å². The molecule has 1 saturated carbocycles. The first-order valence-corrected chi connectivity index (χ1v) is 5.38. The first-order valence-electron chi connectivity index (χ1n) is 5.38. The fourth-order valence-electron chi connectivity index (χ4n) is 1.84. The molecule has 1 aromatic rings. The van der Waals surface area contributed by atoms with E-state index in [1.54, 1.807) is 12.1 Å². The maximum Gasteiger partial charge on any atom is 0.126 e. The summed E-state index contributed by atoms with van der Waals surface area (Å²) >= 11 is 0. The molecule has 15 heavy (non-hydrogen) atoms. The number of ether oxygens (including phenoxy) is 1. The van der Waals surface area contributed by atoms with Gasteiger partial charge in [-0.1, -0.05) is 6.07 Å². The quantitative estimate of drug-likeness (QED) is 0.806. The Kier molecular flexibility index (Phi) is 3.21. The SMILES string of the molecule is NC[C@@H]1C[C@H]1CCOc1cccc(F)c1. The normalized spacial score (nSPS) is 23.9. The molecule has 1 aliphatic rings. The molecule has 0 amide bonds.